The number of hydrogen-bond acceptors (Lipinski definition) is 4. The highest BCUT2D eigenvalue weighted by Crippen LogP contribution is 2.48. The second kappa shape index (κ2) is 9.79. The van der Waals surface area contributed by atoms with E-state index < -0.39 is 0 Å². The molecule has 0 unspecified atom stereocenters. The van der Waals surface area contributed by atoms with E-state index in [1.165, 1.54) is 43.4 Å². The van der Waals surface area contributed by atoms with Crippen molar-refractivity contribution in [2.45, 2.75) is 0 Å². The number of benzene rings is 7. The summed E-state index contributed by atoms with van der Waals surface area (Å²) >= 11 is 0. The molecule has 44 heavy (non-hydrogen) atoms. The van der Waals surface area contributed by atoms with E-state index in [1.807, 2.05) is 18.2 Å². The van der Waals surface area contributed by atoms with Crippen LogP contribution in [0.25, 0.3) is 65.7 Å². The van der Waals surface area contributed by atoms with Crippen molar-refractivity contribution in [2.75, 3.05) is 0 Å². The molecule has 0 radical (unpaired) electrons. The Morgan fingerprint density at radius 3 is 1.52 bits per heavy atom. The number of ether oxygens (including phenoxy) is 2. The molecule has 0 fully saturated rings. The minimum absolute atomic E-state index is 0.368. The van der Waals surface area contributed by atoms with Gasteiger partial charge in [-0.1, -0.05) is 109 Å². The largest absolute Gasteiger partial charge is 0.431 e. The zero-order chi connectivity index (χ0) is 29.0. The molecule has 0 amide bonds. The van der Waals surface area contributed by atoms with Crippen LogP contribution >= 0.6 is 0 Å². The van der Waals surface area contributed by atoms with Gasteiger partial charge in [-0.15, -0.1) is 0 Å². The summed E-state index contributed by atoms with van der Waals surface area (Å²) in [4.78, 5) is 8.54. The van der Waals surface area contributed by atoms with Gasteiger partial charge in [0.1, 0.15) is 0 Å². The van der Waals surface area contributed by atoms with Crippen LogP contribution in [0.2, 0.25) is 0 Å². The van der Waals surface area contributed by atoms with Gasteiger partial charge in [0, 0.05) is 18.0 Å². The summed E-state index contributed by atoms with van der Waals surface area (Å²) in [6.45, 7) is 0. The molecule has 0 saturated heterocycles. The van der Waals surface area contributed by atoms with Gasteiger partial charge in [-0.05, 0) is 84.4 Å². The maximum Gasteiger partial charge on any atom is 0.284 e. The predicted octanol–water partition coefficient (Wildman–Crippen LogP) is 10.8. The maximum atomic E-state index is 6.18. The number of para-hydroxylation sites is 1. The van der Waals surface area contributed by atoms with Crippen molar-refractivity contribution in [1.82, 2.24) is 9.97 Å². The first-order valence-corrected chi connectivity index (χ1v) is 14.6. The molecule has 4 heteroatoms. The van der Waals surface area contributed by atoms with E-state index in [4.69, 9.17) is 9.47 Å². The highest BCUT2D eigenvalue weighted by molar-refractivity contribution is 6.25. The van der Waals surface area contributed by atoms with Crippen LogP contribution in [0.3, 0.4) is 0 Å². The molecule has 2 heterocycles. The zero-order valence-corrected chi connectivity index (χ0v) is 23.6. The first-order chi connectivity index (χ1) is 21.8. The lowest BCUT2D eigenvalue weighted by Crippen LogP contribution is -2.03. The molecule has 9 rings (SSSR count). The number of aromatic nitrogens is 2. The monoisotopic (exact) mass is 564 g/mol. The van der Waals surface area contributed by atoms with E-state index >= 15 is 0 Å². The van der Waals surface area contributed by atoms with E-state index in [9.17, 15) is 0 Å². The van der Waals surface area contributed by atoms with E-state index in [0.717, 1.165) is 22.3 Å². The standard InChI is InChI=1S/C40H24N2O2/c1-2-14-33-31(12-1)32-13-3-4-15-34(32)36-24-28(18-19-35(33)36)26-9-5-8-25(22-26)27-10-6-11-29(23-27)30-16-7-17-37-38(30)44-40-39(43-37)41-20-21-42-40/h1-24H. The SMILES string of the molecule is c1cc(-c2cccc(-c3cccc4c3Oc3nccnc3O4)c2)cc(-c2ccc3c4ccccc4c4ccccc4c3c2)c1. The molecule has 0 atom stereocenters. The average molecular weight is 565 g/mol. The van der Waals surface area contributed by atoms with Crippen molar-refractivity contribution < 1.29 is 9.47 Å². The second-order valence-electron chi connectivity index (χ2n) is 11.0. The quantitative estimate of drug-likeness (QED) is 0.200. The predicted molar refractivity (Wildman–Crippen MR) is 177 cm³/mol. The Labute approximate surface area is 253 Å². The lowest BCUT2D eigenvalue weighted by atomic mass is 9.91. The summed E-state index contributed by atoms with van der Waals surface area (Å²) in [5, 5.41) is 7.68. The topological polar surface area (TPSA) is 44.2 Å². The van der Waals surface area contributed by atoms with Gasteiger partial charge in [0.2, 0.25) is 0 Å². The van der Waals surface area contributed by atoms with E-state index in [2.05, 4.69) is 125 Å². The summed E-state index contributed by atoms with van der Waals surface area (Å²) in [5.74, 6) is 2.01. The fourth-order valence-corrected chi connectivity index (χ4v) is 6.41. The Kier molecular flexibility index (Phi) is 5.47. The fourth-order valence-electron chi connectivity index (χ4n) is 6.41. The summed E-state index contributed by atoms with van der Waals surface area (Å²) in [5.41, 5.74) is 6.60. The number of nitrogens with zero attached hydrogens (tertiary/aromatic N) is 2. The summed E-state index contributed by atoms with van der Waals surface area (Å²) in [7, 11) is 0. The van der Waals surface area contributed by atoms with Gasteiger partial charge in [-0.2, -0.15) is 0 Å². The van der Waals surface area contributed by atoms with E-state index in [1.54, 1.807) is 12.4 Å². The zero-order valence-electron chi connectivity index (χ0n) is 23.6. The Balaban J connectivity index is 1.13. The molecule has 0 N–H and O–H groups in total. The van der Waals surface area contributed by atoms with Crippen molar-refractivity contribution in [2.24, 2.45) is 0 Å². The van der Waals surface area contributed by atoms with Gasteiger partial charge in [0.15, 0.2) is 11.5 Å². The smallest absolute Gasteiger partial charge is 0.284 e. The molecule has 8 aromatic rings. The van der Waals surface area contributed by atoms with Crippen LogP contribution in [-0.2, 0) is 0 Å². The van der Waals surface area contributed by atoms with Crippen molar-refractivity contribution in [1.29, 1.82) is 0 Å². The van der Waals surface area contributed by atoms with Gasteiger partial charge in [-0.25, -0.2) is 9.97 Å². The minimum Gasteiger partial charge on any atom is -0.431 e. The third-order valence-corrected chi connectivity index (χ3v) is 8.46. The Hall–Kier alpha value is -6.00. The van der Waals surface area contributed by atoms with Crippen molar-refractivity contribution in [3.05, 3.63) is 146 Å². The third kappa shape index (κ3) is 3.92. The summed E-state index contributed by atoms with van der Waals surface area (Å²) in [6.07, 6.45) is 3.19. The average Bonchev–Trinajstić information content (AvgIpc) is 3.10. The molecule has 206 valence electrons. The molecule has 1 aliphatic rings. The highest BCUT2D eigenvalue weighted by atomic mass is 16.6. The van der Waals surface area contributed by atoms with Gasteiger partial charge >= 0.3 is 0 Å². The maximum absolute atomic E-state index is 6.18. The van der Waals surface area contributed by atoms with Crippen LogP contribution in [0.15, 0.2) is 146 Å². The molecule has 0 bridgehead atoms. The van der Waals surface area contributed by atoms with Gasteiger partial charge in [-0.3, -0.25) is 0 Å². The number of fused-ring (bicyclic) bond motifs is 8. The summed E-state index contributed by atoms with van der Waals surface area (Å²) in [6, 6.07) is 47.5. The Morgan fingerprint density at radius 1 is 0.364 bits per heavy atom. The van der Waals surface area contributed by atoms with Crippen LogP contribution in [-0.4, -0.2) is 9.97 Å². The first kappa shape index (κ1) is 24.6. The normalized spacial score (nSPS) is 12.0. The van der Waals surface area contributed by atoms with Crippen LogP contribution in [0.5, 0.6) is 23.3 Å². The molecular formula is C40H24N2O2. The van der Waals surface area contributed by atoms with Gasteiger partial charge in [0.05, 0.1) is 0 Å². The van der Waals surface area contributed by atoms with Crippen LogP contribution in [0.4, 0.5) is 0 Å². The Bertz CT molecular complexity index is 2380. The molecule has 7 aromatic carbocycles. The van der Waals surface area contributed by atoms with Crippen molar-refractivity contribution >= 4 is 32.3 Å². The second-order valence-corrected chi connectivity index (χ2v) is 11.0. The van der Waals surface area contributed by atoms with Gasteiger partial charge in [0.25, 0.3) is 11.8 Å². The van der Waals surface area contributed by atoms with E-state index in [0.29, 0.717) is 23.3 Å². The first-order valence-electron chi connectivity index (χ1n) is 14.6. The molecule has 4 nitrogen and oxygen atoms in total. The molecule has 0 aliphatic carbocycles. The Morgan fingerprint density at radius 2 is 0.864 bits per heavy atom. The van der Waals surface area contributed by atoms with Gasteiger partial charge < -0.3 is 9.47 Å². The van der Waals surface area contributed by atoms with Crippen LogP contribution in [0, 0.1) is 0 Å². The van der Waals surface area contributed by atoms with E-state index in [-0.39, 0.29) is 0 Å². The third-order valence-electron chi connectivity index (χ3n) is 8.46. The lowest BCUT2D eigenvalue weighted by molar-refractivity contribution is 0.337. The number of rotatable bonds is 3. The fraction of sp³-hybridized carbons (Fsp3) is 0. The minimum atomic E-state index is 0.368. The molecular weight excluding hydrogens is 540 g/mol. The number of hydrogen-bond donors (Lipinski definition) is 0. The molecule has 0 saturated carbocycles. The molecule has 1 aliphatic heterocycles. The van der Waals surface area contributed by atoms with Crippen LogP contribution in [0.1, 0.15) is 0 Å². The van der Waals surface area contributed by atoms with Crippen molar-refractivity contribution in [3.63, 3.8) is 0 Å². The molecule has 1 aromatic heterocycles. The lowest BCUT2D eigenvalue weighted by Gasteiger charge is -2.21. The molecule has 0 spiro atoms. The van der Waals surface area contributed by atoms with Crippen molar-refractivity contribution in [3.8, 4) is 56.6 Å². The highest BCUT2D eigenvalue weighted by Gasteiger charge is 2.24. The van der Waals surface area contributed by atoms with Crippen LogP contribution < -0.4 is 9.47 Å². The summed E-state index contributed by atoms with van der Waals surface area (Å²) < 4.78 is 12.2.